The summed E-state index contributed by atoms with van der Waals surface area (Å²) >= 11 is 3.25. The Hall–Kier alpha value is -1.53. The quantitative estimate of drug-likeness (QED) is 0.528. The van der Waals surface area contributed by atoms with Crippen LogP contribution < -0.4 is 4.74 Å². The lowest BCUT2D eigenvalue weighted by atomic mass is 9.82. The number of piperidine rings is 2. The lowest BCUT2D eigenvalue weighted by Crippen LogP contribution is -2.53. The van der Waals surface area contributed by atoms with E-state index < -0.39 is 11.7 Å². The Kier molecular flexibility index (Phi) is 5.70. The zero-order valence-corrected chi connectivity index (χ0v) is 17.0. The smallest absolute Gasteiger partial charge is 0.416 e. The van der Waals surface area contributed by atoms with E-state index in [1.54, 1.807) is 0 Å². The van der Waals surface area contributed by atoms with Crippen LogP contribution in [0, 0.1) is 0 Å². The Morgan fingerprint density at radius 2 is 1.68 bits per heavy atom. The van der Waals surface area contributed by atoms with Gasteiger partial charge in [0.2, 0.25) is 0 Å². The van der Waals surface area contributed by atoms with Crippen molar-refractivity contribution in [2.45, 2.75) is 63.0 Å². The highest BCUT2D eigenvalue weighted by Gasteiger charge is 2.39. The van der Waals surface area contributed by atoms with E-state index >= 15 is 0 Å². The van der Waals surface area contributed by atoms with Gasteiger partial charge in [-0.2, -0.15) is 13.2 Å². The fourth-order valence-corrected chi connectivity index (χ4v) is 5.00. The average Bonchev–Trinajstić information content (AvgIpc) is 2.64. The summed E-state index contributed by atoms with van der Waals surface area (Å²) in [4.78, 5) is 2.60. The monoisotopic (exact) mass is 453 g/mol. The number of hydrogen-bond donors (Lipinski definition) is 0. The van der Waals surface area contributed by atoms with Crippen LogP contribution in [0.15, 0.2) is 53.0 Å². The van der Waals surface area contributed by atoms with Crippen LogP contribution in [-0.4, -0.2) is 23.1 Å². The lowest BCUT2D eigenvalue weighted by molar-refractivity contribution is -0.137. The highest BCUT2D eigenvalue weighted by molar-refractivity contribution is 9.10. The molecule has 0 saturated carbocycles. The Balaban J connectivity index is 1.44. The number of alkyl halides is 3. The first-order valence-electron chi connectivity index (χ1n) is 9.73. The molecule has 2 aromatic carbocycles. The van der Waals surface area contributed by atoms with Crippen LogP contribution in [0.1, 0.15) is 43.2 Å². The molecule has 2 aromatic rings. The molecule has 1 unspecified atom stereocenters. The van der Waals surface area contributed by atoms with Gasteiger partial charge in [-0.05, 0) is 65.4 Å². The summed E-state index contributed by atoms with van der Waals surface area (Å²) in [5, 5.41) is 0. The summed E-state index contributed by atoms with van der Waals surface area (Å²) in [7, 11) is 0. The normalized spacial score (nSPS) is 25.5. The fourth-order valence-electron chi connectivity index (χ4n) is 4.53. The minimum absolute atomic E-state index is 0.0374. The van der Waals surface area contributed by atoms with Crippen LogP contribution in [0.25, 0.3) is 0 Å². The van der Waals surface area contributed by atoms with Crippen LogP contribution in [0.4, 0.5) is 13.2 Å². The molecule has 2 heterocycles. The molecule has 4 rings (SSSR count). The third-order valence-corrected chi connectivity index (χ3v) is 6.46. The molecule has 2 fully saturated rings. The zero-order valence-electron chi connectivity index (χ0n) is 15.5. The molecule has 2 aliphatic heterocycles. The van der Waals surface area contributed by atoms with Crippen molar-refractivity contribution in [2.75, 3.05) is 0 Å². The number of halogens is 4. The maximum Gasteiger partial charge on any atom is 0.416 e. The molecule has 2 saturated heterocycles. The maximum atomic E-state index is 12.9. The molecule has 0 aliphatic carbocycles. The largest absolute Gasteiger partial charge is 0.489 e. The zero-order chi connectivity index (χ0) is 19.7. The average molecular weight is 454 g/mol. The Bertz CT molecular complexity index is 797. The third kappa shape index (κ3) is 4.38. The van der Waals surface area contributed by atoms with E-state index in [0.29, 0.717) is 22.3 Å². The summed E-state index contributed by atoms with van der Waals surface area (Å²) in [6.45, 7) is 0.951. The van der Waals surface area contributed by atoms with Gasteiger partial charge in [-0.25, -0.2) is 0 Å². The fraction of sp³-hybridized carbons (Fsp3) is 0.455. The number of rotatable bonds is 4. The summed E-state index contributed by atoms with van der Waals surface area (Å²) < 4.78 is 45.1. The first-order valence-corrected chi connectivity index (χ1v) is 10.5. The van der Waals surface area contributed by atoms with Gasteiger partial charge in [0.05, 0.1) is 10.0 Å². The molecule has 28 heavy (non-hydrogen) atoms. The van der Waals surface area contributed by atoms with E-state index in [-0.39, 0.29) is 6.10 Å². The van der Waals surface area contributed by atoms with Crippen LogP contribution in [-0.2, 0) is 12.7 Å². The molecule has 2 nitrogen and oxygen atoms in total. The van der Waals surface area contributed by atoms with E-state index in [1.165, 1.54) is 18.1 Å². The second kappa shape index (κ2) is 8.07. The van der Waals surface area contributed by atoms with Gasteiger partial charge in [0.1, 0.15) is 11.9 Å². The van der Waals surface area contributed by atoms with Crippen molar-refractivity contribution in [2.24, 2.45) is 0 Å². The topological polar surface area (TPSA) is 12.5 Å². The molecular formula is C22H23BrF3NO. The van der Waals surface area contributed by atoms with Crippen molar-refractivity contribution >= 4 is 15.9 Å². The molecule has 0 amide bonds. The molecule has 0 aromatic heterocycles. The molecule has 2 aliphatic rings. The third-order valence-electron chi connectivity index (χ3n) is 5.84. The molecule has 0 spiro atoms. The lowest BCUT2D eigenvalue weighted by Gasteiger charge is -2.48. The van der Waals surface area contributed by atoms with Crippen molar-refractivity contribution in [1.82, 2.24) is 4.90 Å². The van der Waals surface area contributed by atoms with Crippen LogP contribution >= 0.6 is 15.9 Å². The molecule has 2 bridgehead atoms. The Morgan fingerprint density at radius 1 is 1.00 bits per heavy atom. The predicted octanol–water partition coefficient (Wildman–Crippen LogP) is 6.43. The minimum Gasteiger partial charge on any atom is -0.489 e. The van der Waals surface area contributed by atoms with Gasteiger partial charge in [0.25, 0.3) is 0 Å². The van der Waals surface area contributed by atoms with E-state index in [2.05, 4.69) is 45.1 Å². The van der Waals surface area contributed by atoms with Crippen LogP contribution in [0.2, 0.25) is 0 Å². The molecule has 0 N–H and O–H groups in total. The summed E-state index contributed by atoms with van der Waals surface area (Å²) in [6.07, 6.45) is 1.05. The predicted molar refractivity (Wildman–Crippen MR) is 106 cm³/mol. The SMILES string of the molecule is FC(F)(F)c1ccc(OC2C[C@H]3CCC[C@@H](C2)N3Cc2ccccc2)c(Br)c1. The van der Waals surface area contributed by atoms with Crippen molar-refractivity contribution < 1.29 is 17.9 Å². The standard InChI is InChI=1S/C22H23BrF3NO/c23-20-11-16(22(24,25)26)9-10-21(20)28-19-12-17-7-4-8-18(13-19)27(17)14-15-5-2-1-3-6-15/h1-3,5-6,9-11,17-19H,4,7-8,12-14H2/t17-,18+,19?. The number of ether oxygens (including phenoxy) is 1. The molecular weight excluding hydrogens is 431 g/mol. The van der Waals surface area contributed by atoms with Crippen LogP contribution in [0.3, 0.4) is 0 Å². The number of fused-ring (bicyclic) bond motifs is 2. The number of benzene rings is 2. The van der Waals surface area contributed by atoms with Gasteiger partial charge in [-0.1, -0.05) is 36.8 Å². The van der Waals surface area contributed by atoms with E-state index in [9.17, 15) is 13.2 Å². The second-order valence-electron chi connectivity index (χ2n) is 7.75. The molecule has 0 radical (unpaired) electrons. The summed E-state index contributed by atoms with van der Waals surface area (Å²) in [5.74, 6) is 0.493. The van der Waals surface area contributed by atoms with Gasteiger partial charge < -0.3 is 4.74 Å². The van der Waals surface area contributed by atoms with Gasteiger partial charge >= 0.3 is 6.18 Å². The van der Waals surface area contributed by atoms with Gasteiger partial charge in [0, 0.05) is 18.6 Å². The van der Waals surface area contributed by atoms with Gasteiger partial charge in [-0.3, -0.25) is 4.90 Å². The maximum absolute atomic E-state index is 12.9. The molecule has 150 valence electrons. The van der Waals surface area contributed by atoms with Crippen molar-refractivity contribution in [3.63, 3.8) is 0 Å². The number of hydrogen-bond acceptors (Lipinski definition) is 2. The highest BCUT2D eigenvalue weighted by atomic mass is 79.9. The number of nitrogens with zero attached hydrogens (tertiary/aromatic N) is 1. The van der Waals surface area contributed by atoms with Crippen molar-refractivity contribution in [3.8, 4) is 5.75 Å². The minimum atomic E-state index is -4.35. The van der Waals surface area contributed by atoms with E-state index in [4.69, 9.17) is 4.74 Å². The second-order valence-corrected chi connectivity index (χ2v) is 8.61. The highest BCUT2D eigenvalue weighted by Crippen LogP contribution is 2.39. The molecule has 3 atom stereocenters. The van der Waals surface area contributed by atoms with Crippen molar-refractivity contribution in [1.29, 1.82) is 0 Å². The van der Waals surface area contributed by atoms with Gasteiger partial charge in [-0.15, -0.1) is 0 Å². The summed E-state index contributed by atoms with van der Waals surface area (Å²) in [6, 6.07) is 15.1. The van der Waals surface area contributed by atoms with E-state index in [0.717, 1.165) is 44.4 Å². The first kappa shape index (κ1) is 19.8. The Labute approximate surface area is 171 Å². The summed E-state index contributed by atoms with van der Waals surface area (Å²) in [5.41, 5.74) is 0.658. The Morgan fingerprint density at radius 3 is 2.29 bits per heavy atom. The van der Waals surface area contributed by atoms with Gasteiger partial charge in [0.15, 0.2) is 0 Å². The van der Waals surface area contributed by atoms with Crippen LogP contribution in [0.5, 0.6) is 5.75 Å². The van der Waals surface area contributed by atoms with Crippen molar-refractivity contribution in [3.05, 3.63) is 64.1 Å². The molecule has 6 heteroatoms. The first-order chi connectivity index (χ1) is 13.4. The van der Waals surface area contributed by atoms with E-state index in [1.807, 2.05) is 6.07 Å².